The van der Waals surface area contributed by atoms with Gasteiger partial charge in [-0.15, -0.1) is 5.54 Å². The first-order valence-electron chi connectivity index (χ1n) is 12.9. The molecular weight excluding hydrogens is 570 g/mol. The predicted molar refractivity (Wildman–Crippen MR) is 166 cm³/mol. The highest BCUT2D eigenvalue weighted by atomic mass is 35.5. The van der Waals surface area contributed by atoms with Crippen LogP contribution in [0.3, 0.4) is 0 Å². The Morgan fingerprint density at radius 3 is 1.93 bits per heavy atom. The fourth-order valence-electron chi connectivity index (χ4n) is 4.76. The molecule has 1 aromatic heterocycles. The molecule has 0 amide bonds. The second-order valence-electron chi connectivity index (χ2n) is 9.35. The van der Waals surface area contributed by atoms with Gasteiger partial charge in [-0.2, -0.15) is 0 Å². The van der Waals surface area contributed by atoms with Gasteiger partial charge in [0.05, 0.1) is 5.02 Å². The van der Waals surface area contributed by atoms with E-state index in [1.165, 1.54) is 12.1 Å². The summed E-state index contributed by atoms with van der Waals surface area (Å²) in [5.41, 5.74) is 14.0. The quantitative estimate of drug-likeness (QED) is 0.0892. The van der Waals surface area contributed by atoms with Crippen LogP contribution < -0.4 is 10.5 Å². The van der Waals surface area contributed by atoms with E-state index >= 15 is 0 Å². The molecule has 0 aliphatic heterocycles. The van der Waals surface area contributed by atoms with Crippen LogP contribution in [0.1, 0.15) is 40.8 Å². The van der Waals surface area contributed by atoms with Gasteiger partial charge >= 0.3 is 0 Å². The molecule has 2 radical (unpaired) electrons. The maximum Gasteiger partial charge on any atom is 0.170 e. The van der Waals surface area contributed by atoms with Gasteiger partial charge in [-0.1, -0.05) is 120 Å². The number of hydrogen-bond acceptors (Lipinski definition) is 3. The number of benzene rings is 4. The summed E-state index contributed by atoms with van der Waals surface area (Å²) in [6, 6.07) is 35.7. The molecule has 0 aliphatic rings. The van der Waals surface area contributed by atoms with Crippen molar-refractivity contribution in [3.05, 3.63) is 159 Å². The van der Waals surface area contributed by atoms with Gasteiger partial charge in [-0.3, -0.25) is 0 Å². The van der Waals surface area contributed by atoms with Crippen LogP contribution >= 0.6 is 23.2 Å². The van der Waals surface area contributed by atoms with Gasteiger partial charge in [-0.05, 0) is 35.7 Å². The first-order valence-corrected chi connectivity index (χ1v) is 14.7. The van der Waals surface area contributed by atoms with Crippen molar-refractivity contribution in [2.24, 2.45) is 0 Å². The summed E-state index contributed by atoms with van der Waals surface area (Å²) >= 11 is 12.5. The van der Waals surface area contributed by atoms with E-state index < -0.39 is 17.0 Å². The molecule has 0 fully saturated rings. The van der Waals surface area contributed by atoms with Gasteiger partial charge in [-0.25, -0.2) is 9.37 Å². The molecule has 41 heavy (non-hydrogen) atoms. The molecule has 2 N–H and O–H groups in total. The third-order valence-electron chi connectivity index (χ3n) is 6.75. The first kappa shape index (κ1) is 28.4. The summed E-state index contributed by atoms with van der Waals surface area (Å²) in [5.74, 6) is 3.19. The Morgan fingerprint density at radius 2 is 1.39 bits per heavy atom. The van der Waals surface area contributed by atoms with E-state index in [-0.39, 0.29) is 20.4 Å². The van der Waals surface area contributed by atoms with Crippen LogP contribution in [0.25, 0.3) is 0 Å². The SMILES string of the molecule is C[C@H](Oc1cc(C#C[Si]C(c2ccccc2)(c2ccccc2)c2ccccc2)cnc1N)c1c(Cl)ccc(F)c1Cl. The minimum Gasteiger partial charge on any atom is -0.482 e. The van der Waals surface area contributed by atoms with Crippen LogP contribution in [0.15, 0.2) is 115 Å². The highest BCUT2D eigenvalue weighted by Gasteiger charge is 2.36. The Morgan fingerprint density at radius 1 is 0.854 bits per heavy atom. The summed E-state index contributed by atoms with van der Waals surface area (Å²) in [4.78, 5) is 4.29. The Hall–Kier alpha value is -4.08. The van der Waals surface area contributed by atoms with E-state index in [0.29, 0.717) is 21.9 Å². The van der Waals surface area contributed by atoms with Crippen molar-refractivity contribution in [1.82, 2.24) is 4.98 Å². The molecule has 202 valence electrons. The van der Waals surface area contributed by atoms with Crippen molar-refractivity contribution in [3.8, 4) is 17.2 Å². The van der Waals surface area contributed by atoms with Crippen molar-refractivity contribution in [3.63, 3.8) is 0 Å². The predicted octanol–water partition coefficient (Wildman–Crippen LogP) is 8.26. The van der Waals surface area contributed by atoms with Crippen molar-refractivity contribution < 1.29 is 9.13 Å². The Labute approximate surface area is 252 Å². The molecule has 4 aromatic carbocycles. The summed E-state index contributed by atoms with van der Waals surface area (Å²) in [6.07, 6.45) is 0.934. The van der Waals surface area contributed by atoms with Crippen LogP contribution in [-0.2, 0) is 5.04 Å². The van der Waals surface area contributed by atoms with Crippen molar-refractivity contribution in [1.29, 1.82) is 0 Å². The maximum atomic E-state index is 14.1. The maximum absolute atomic E-state index is 14.1. The standard InChI is InChI=1S/C34H25Cl2FN2OSi/c1-23(31-28(35)17-18-29(37)32(31)36)40-30-21-24(22-39-33(30)38)19-20-41-34(25-11-5-2-6-12-25,26-13-7-3-8-14-26)27-15-9-4-10-16-27/h2-18,21-23H,1H3,(H2,38,39)/t23-/m0/s1. The molecule has 0 saturated carbocycles. The van der Waals surface area contributed by atoms with Crippen molar-refractivity contribution >= 4 is 38.5 Å². The number of rotatable bonds is 7. The lowest BCUT2D eigenvalue weighted by molar-refractivity contribution is 0.227. The topological polar surface area (TPSA) is 48.1 Å². The number of nitrogen functional groups attached to an aromatic ring is 1. The van der Waals surface area contributed by atoms with Gasteiger partial charge in [0.1, 0.15) is 11.9 Å². The molecule has 5 rings (SSSR count). The molecule has 0 aliphatic carbocycles. The number of nitrogens with zero attached hydrogens (tertiary/aromatic N) is 1. The number of anilines is 1. The van der Waals surface area contributed by atoms with Crippen LogP contribution in [0.2, 0.25) is 10.0 Å². The second-order valence-corrected chi connectivity index (χ2v) is 11.4. The lowest BCUT2D eigenvalue weighted by Gasteiger charge is -2.33. The lowest BCUT2D eigenvalue weighted by atomic mass is 9.84. The van der Waals surface area contributed by atoms with E-state index in [1.54, 1.807) is 19.2 Å². The largest absolute Gasteiger partial charge is 0.482 e. The Bertz CT molecular complexity index is 1610. The van der Waals surface area contributed by atoms with Gasteiger partial charge in [0.25, 0.3) is 0 Å². The molecular formula is C34H25Cl2FN2OSi. The molecule has 0 bridgehead atoms. The van der Waals surface area contributed by atoms with Gasteiger partial charge < -0.3 is 10.5 Å². The number of ether oxygens (including phenoxy) is 1. The average Bonchev–Trinajstić information content (AvgIpc) is 3.00. The third kappa shape index (κ3) is 6.01. The normalized spacial score (nSPS) is 11.8. The molecule has 5 aromatic rings. The minimum atomic E-state index is -0.679. The van der Waals surface area contributed by atoms with E-state index in [9.17, 15) is 4.39 Å². The molecule has 0 spiro atoms. The van der Waals surface area contributed by atoms with Crippen LogP contribution in [0, 0.1) is 17.3 Å². The number of hydrogen-bond donors (Lipinski definition) is 1. The third-order valence-corrected chi connectivity index (χ3v) is 8.95. The summed E-state index contributed by atoms with van der Waals surface area (Å²) < 4.78 is 20.2. The zero-order valence-electron chi connectivity index (χ0n) is 22.1. The first-order chi connectivity index (χ1) is 19.9. The van der Waals surface area contributed by atoms with Gasteiger partial charge in [0.2, 0.25) is 0 Å². The van der Waals surface area contributed by atoms with Crippen LogP contribution in [-0.4, -0.2) is 14.5 Å². The Kier molecular flexibility index (Phi) is 8.75. The fraction of sp³-hybridized carbons (Fsp3) is 0.0882. The van der Waals surface area contributed by atoms with Gasteiger partial charge in [0, 0.05) is 33.5 Å². The number of pyridine rings is 1. The number of nitrogens with two attached hydrogens (primary N) is 1. The molecule has 3 nitrogen and oxygen atoms in total. The van der Waals surface area contributed by atoms with Crippen LogP contribution in [0.5, 0.6) is 5.75 Å². The van der Waals surface area contributed by atoms with E-state index in [1.807, 2.05) is 18.2 Å². The Balaban J connectivity index is 1.51. The monoisotopic (exact) mass is 594 g/mol. The minimum absolute atomic E-state index is 0.0900. The zero-order valence-corrected chi connectivity index (χ0v) is 24.6. The van der Waals surface area contributed by atoms with E-state index in [4.69, 9.17) is 33.7 Å². The lowest BCUT2D eigenvalue weighted by Crippen LogP contribution is -2.35. The van der Waals surface area contributed by atoms with Crippen molar-refractivity contribution in [2.45, 2.75) is 18.1 Å². The fourth-order valence-corrected chi connectivity index (χ4v) is 6.77. The number of halogens is 3. The van der Waals surface area contributed by atoms with E-state index in [2.05, 4.69) is 89.2 Å². The van der Waals surface area contributed by atoms with Gasteiger partial charge in [0.15, 0.2) is 21.1 Å². The second kappa shape index (κ2) is 12.6. The molecule has 0 unspecified atom stereocenters. The smallest absolute Gasteiger partial charge is 0.170 e. The van der Waals surface area contributed by atoms with Crippen molar-refractivity contribution in [2.75, 3.05) is 5.73 Å². The van der Waals surface area contributed by atoms with E-state index in [0.717, 1.165) is 16.7 Å². The average molecular weight is 596 g/mol. The molecule has 1 heterocycles. The van der Waals surface area contributed by atoms with Crippen LogP contribution in [0.4, 0.5) is 10.2 Å². The molecule has 0 saturated heterocycles. The number of aromatic nitrogens is 1. The molecule has 7 heteroatoms. The summed E-state index contributed by atoms with van der Waals surface area (Å²) in [7, 11) is 0.177. The summed E-state index contributed by atoms with van der Waals surface area (Å²) in [6.45, 7) is 1.72. The molecule has 1 atom stereocenters. The highest BCUT2D eigenvalue weighted by molar-refractivity contribution is 6.52. The summed E-state index contributed by atoms with van der Waals surface area (Å²) in [5, 5.41) is -0.268. The zero-order chi connectivity index (χ0) is 28.8. The highest BCUT2D eigenvalue weighted by Crippen LogP contribution is 2.38.